The zero-order chi connectivity index (χ0) is 37.9. The van der Waals surface area contributed by atoms with Crippen LogP contribution in [0.2, 0.25) is 5.15 Å². The van der Waals surface area contributed by atoms with Crippen molar-refractivity contribution in [2.75, 3.05) is 33.2 Å². The number of imidazole rings is 1. The Morgan fingerprint density at radius 1 is 0.904 bits per heavy atom. The Labute approximate surface area is 303 Å². The number of nitrogens with zero attached hydrogens (tertiary/aromatic N) is 6. The molecule has 1 aromatic heterocycles. The van der Waals surface area contributed by atoms with Gasteiger partial charge >= 0.3 is 12.1 Å². The molecule has 0 fully saturated rings. The second-order valence-corrected chi connectivity index (χ2v) is 11.4. The highest BCUT2D eigenvalue weighted by molar-refractivity contribution is 6.32. The smallest absolute Gasteiger partial charge is 0.461 e. The molecule has 0 unspecified atom stereocenters. The van der Waals surface area contributed by atoms with E-state index in [1.54, 1.807) is 16.7 Å². The Morgan fingerprint density at radius 3 is 2.15 bits per heavy atom. The third kappa shape index (κ3) is 13.6. The molecule has 0 spiro atoms. The lowest BCUT2D eigenvalue weighted by atomic mass is 9.98. The first kappa shape index (κ1) is 40.7. The van der Waals surface area contributed by atoms with Crippen LogP contribution in [-0.2, 0) is 36.9 Å². The van der Waals surface area contributed by atoms with Crippen molar-refractivity contribution in [2.24, 2.45) is 16.7 Å². The quantitative estimate of drug-likeness (QED) is 0.0196. The van der Waals surface area contributed by atoms with E-state index in [1.165, 1.54) is 0 Å². The summed E-state index contributed by atoms with van der Waals surface area (Å²) in [6, 6.07) is 14.8. The van der Waals surface area contributed by atoms with E-state index in [0.717, 1.165) is 34.6 Å². The number of hydrogen-bond donors (Lipinski definition) is 2. The molecule has 0 saturated carbocycles. The van der Waals surface area contributed by atoms with Gasteiger partial charge in [-0.15, -0.1) is 25.3 Å². The number of hydrogen-bond acceptors (Lipinski definition) is 15. The number of hydrazine groups is 1. The molecule has 1 heterocycles. The molecular formula is C32H41ClN8O11. The van der Waals surface area contributed by atoms with Crippen molar-refractivity contribution in [1.29, 1.82) is 0 Å². The summed E-state index contributed by atoms with van der Waals surface area (Å²) in [7, 11) is 0. The highest BCUT2D eigenvalue weighted by Crippen LogP contribution is 2.26. The summed E-state index contributed by atoms with van der Waals surface area (Å²) in [5.41, 5.74) is 9.37. The predicted octanol–water partition coefficient (Wildman–Crippen LogP) is 4.63. The summed E-state index contributed by atoms with van der Waals surface area (Å²) < 4.78 is 17.0. The Bertz CT molecular complexity index is 1670. The average molecular weight is 749 g/mol. The number of nitrogens with two attached hydrogens (primary N) is 2. The van der Waals surface area contributed by atoms with Crippen LogP contribution in [0, 0.1) is 20.2 Å². The van der Waals surface area contributed by atoms with Crippen molar-refractivity contribution < 1.29 is 43.6 Å². The second-order valence-electron chi connectivity index (χ2n) is 11.1. The van der Waals surface area contributed by atoms with E-state index < -0.39 is 29.0 Å². The highest BCUT2D eigenvalue weighted by atomic mass is 35.5. The average Bonchev–Trinajstić information content (AvgIpc) is 3.43. The summed E-state index contributed by atoms with van der Waals surface area (Å²) in [4.78, 5) is 58.3. The lowest BCUT2D eigenvalue weighted by molar-refractivity contribution is -0.757. The van der Waals surface area contributed by atoms with Gasteiger partial charge in [-0.1, -0.05) is 73.5 Å². The van der Waals surface area contributed by atoms with Gasteiger partial charge < -0.3 is 34.2 Å². The third-order valence-corrected chi connectivity index (χ3v) is 7.50. The Balaban J connectivity index is 1.66. The van der Waals surface area contributed by atoms with E-state index >= 15 is 0 Å². The van der Waals surface area contributed by atoms with Crippen LogP contribution in [0.5, 0.6) is 0 Å². The van der Waals surface area contributed by atoms with E-state index in [4.69, 9.17) is 37.4 Å². The van der Waals surface area contributed by atoms with Crippen LogP contribution in [0.1, 0.15) is 72.9 Å². The largest absolute Gasteiger partial charge is 0.510 e. The normalized spacial score (nSPS) is 11.1. The Morgan fingerprint density at radius 2 is 1.52 bits per heavy atom. The van der Waals surface area contributed by atoms with Gasteiger partial charge in [0.1, 0.15) is 5.82 Å². The number of amidine groups is 1. The maximum Gasteiger partial charge on any atom is 0.510 e. The lowest BCUT2D eigenvalue weighted by Crippen LogP contribution is -2.33. The Kier molecular flexibility index (Phi) is 16.9. The highest BCUT2D eigenvalue weighted by Gasteiger charge is 2.23. The van der Waals surface area contributed by atoms with Crippen LogP contribution in [0.25, 0.3) is 11.1 Å². The van der Waals surface area contributed by atoms with Gasteiger partial charge in [-0.25, -0.2) is 20.4 Å². The molecule has 52 heavy (non-hydrogen) atoms. The van der Waals surface area contributed by atoms with Gasteiger partial charge in [-0.05, 0) is 48.8 Å². The fourth-order valence-electron chi connectivity index (χ4n) is 4.74. The minimum absolute atomic E-state index is 0.0286. The van der Waals surface area contributed by atoms with Crippen molar-refractivity contribution in [2.45, 2.75) is 58.4 Å². The molecule has 0 atom stereocenters. The number of unbranched alkanes of at least 4 members (excludes halogenated alkanes) is 3. The van der Waals surface area contributed by atoms with Crippen LogP contribution in [0.15, 0.2) is 53.6 Å². The van der Waals surface area contributed by atoms with Crippen LogP contribution in [0.4, 0.5) is 4.79 Å². The van der Waals surface area contributed by atoms with E-state index in [-0.39, 0.29) is 49.7 Å². The van der Waals surface area contributed by atoms with Crippen molar-refractivity contribution in [3.05, 3.63) is 96.6 Å². The molecule has 0 aliphatic heterocycles. The van der Waals surface area contributed by atoms with Crippen LogP contribution in [-0.4, -0.2) is 76.0 Å². The number of carbonyl (C=O) groups excluding carboxylic acids is 2. The van der Waals surface area contributed by atoms with Crippen LogP contribution < -0.4 is 11.6 Å². The number of rotatable bonds is 23. The van der Waals surface area contributed by atoms with Gasteiger partial charge in [-0.3, -0.25) is 0 Å². The number of halogens is 1. The molecule has 0 aliphatic carbocycles. The second kappa shape index (κ2) is 21.5. The first-order valence-corrected chi connectivity index (χ1v) is 16.7. The number of esters is 1. The standard InChI is InChI=1S/C32H41ClN8O11/c1-2-3-12-27-36-29(33)28(31(42)48-17-6-8-19-51-40(44)45)38(27)21-23-13-15-24(16-14-23)25-10-4-5-11-26(25)30(34)37-39(35)22-50-32(43)49-18-7-9-20-52-41(46)47/h4-5,10-11,13-16H,2-3,6-9,12,17-22,35H2,1H3,(H2,34,37). The topological polar surface area (TPSA) is 252 Å². The fraction of sp³-hybridized carbons (Fsp3) is 0.438. The number of hydrazone groups is 1. The van der Waals surface area contributed by atoms with Gasteiger partial charge in [0.2, 0.25) is 0 Å². The number of benzene rings is 2. The molecule has 19 nitrogen and oxygen atoms in total. The Hall–Kier alpha value is -5.69. The summed E-state index contributed by atoms with van der Waals surface area (Å²) in [6.07, 6.45) is 2.68. The lowest BCUT2D eigenvalue weighted by Gasteiger charge is -2.16. The zero-order valence-corrected chi connectivity index (χ0v) is 29.3. The van der Waals surface area contributed by atoms with Crippen molar-refractivity contribution in [3.63, 3.8) is 0 Å². The van der Waals surface area contributed by atoms with Crippen molar-refractivity contribution in [1.82, 2.24) is 14.7 Å². The molecule has 3 rings (SSSR count). The molecule has 20 heteroatoms. The van der Waals surface area contributed by atoms with Gasteiger partial charge in [0.15, 0.2) is 23.4 Å². The summed E-state index contributed by atoms with van der Waals surface area (Å²) >= 11 is 6.44. The van der Waals surface area contributed by atoms with E-state index in [1.807, 2.05) is 43.3 Å². The van der Waals surface area contributed by atoms with Crippen molar-refractivity contribution in [3.8, 4) is 11.1 Å². The molecule has 0 bridgehead atoms. The number of aryl methyl sites for hydroxylation is 1. The molecule has 0 radical (unpaired) electrons. The van der Waals surface area contributed by atoms with Crippen molar-refractivity contribution >= 4 is 29.6 Å². The zero-order valence-electron chi connectivity index (χ0n) is 28.5. The molecule has 0 saturated heterocycles. The predicted molar refractivity (Wildman–Crippen MR) is 186 cm³/mol. The van der Waals surface area contributed by atoms with Crippen LogP contribution >= 0.6 is 11.6 Å². The molecule has 2 aromatic carbocycles. The summed E-state index contributed by atoms with van der Waals surface area (Å²) in [5.74, 6) is 5.91. The van der Waals surface area contributed by atoms with E-state index in [9.17, 15) is 29.8 Å². The van der Waals surface area contributed by atoms with Gasteiger partial charge in [0, 0.05) is 18.5 Å². The molecule has 282 valence electrons. The fourth-order valence-corrected chi connectivity index (χ4v) is 5.02. The molecule has 0 amide bonds. The van der Waals surface area contributed by atoms with Gasteiger partial charge in [-0.2, -0.15) is 5.12 Å². The first-order chi connectivity index (χ1) is 25.0. The molecule has 0 aliphatic rings. The SMILES string of the molecule is CCCCc1nc(Cl)c(C(=O)OCCCCO[N+](=O)[O-])n1Cc1ccc(-c2ccccc2/C(N)=N/N(N)COC(=O)OCCCCO[N+](=O)[O-])cc1. The van der Waals surface area contributed by atoms with Gasteiger partial charge in [0.25, 0.3) is 10.2 Å². The number of aromatic nitrogens is 2. The minimum atomic E-state index is -1.00. The van der Waals surface area contributed by atoms with E-state index in [0.29, 0.717) is 43.5 Å². The summed E-state index contributed by atoms with van der Waals surface area (Å²) in [6.45, 7) is 1.66. The summed E-state index contributed by atoms with van der Waals surface area (Å²) in [5, 5.41) is 23.7. The first-order valence-electron chi connectivity index (χ1n) is 16.3. The number of ether oxygens (including phenoxy) is 3. The molecule has 3 aromatic rings. The van der Waals surface area contributed by atoms with Crippen LogP contribution in [0.3, 0.4) is 0 Å². The minimum Gasteiger partial charge on any atom is -0.461 e. The third-order valence-electron chi connectivity index (χ3n) is 7.23. The monoisotopic (exact) mass is 748 g/mol. The molecule has 4 N–H and O–H groups in total. The maximum atomic E-state index is 13.1. The van der Waals surface area contributed by atoms with Gasteiger partial charge in [0.05, 0.1) is 26.4 Å². The maximum absolute atomic E-state index is 13.1. The van der Waals surface area contributed by atoms with E-state index in [2.05, 4.69) is 19.8 Å². The molecular weight excluding hydrogens is 708 g/mol. The number of carbonyl (C=O) groups is 2.